The molecule has 0 aliphatic heterocycles. The monoisotopic (exact) mass is 341 g/mol. The Morgan fingerprint density at radius 1 is 1.04 bits per heavy atom. The zero-order valence-electron chi connectivity index (χ0n) is 11.9. The fourth-order valence-electron chi connectivity index (χ4n) is 1.90. The third-order valence-corrected chi connectivity index (χ3v) is 4.19. The first-order chi connectivity index (χ1) is 11.2. The van der Waals surface area contributed by atoms with Gasteiger partial charge >= 0.3 is 0 Å². The summed E-state index contributed by atoms with van der Waals surface area (Å²) in [7, 11) is 0. The Kier molecular flexibility index (Phi) is 4.80. The normalized spacial score (nSPS) is 10.8. The molecule has 4 nitrogen and oxygen atoms in total. The number of benzene rings is 2. The van der Waals surface area contributed by atoms with Crippen molar-refractivity contribution in [2.45, 2.75) is 0 Å². The molecule has 0 fully saturated rings. The number of carbonyl (C=O) groups is 1. The van der Waals surface area contributed by atoms with Crippen LogP contribution in [-0.2, 0) is 4.79 Å². The number of rotatable bonds is 4. The maximum Gasteiger partial charge on any atom is 0.250 e. The van der Waals surface area contributed by atoms with Crippen LogP contribution in [0.2, 0.25) is 5.02 Å². The molecule has 1 heterocycles. The SMILES string of the molecule is O=C(C=Cc1ccccc1)Nc1nnc(-c2ccccc2Cl)s1. The van der Waals surface area contributed by atoms with Crippen molar-refractivity contribution in [3.63, 3.8) is 0 Å². The minimum Gasteiger partial charge on any atom is -0.297 e. The molecule has 1 N–H and O–H groups in total. The van der Waals surface area contributed by atoms with Gasteiger partial charge in [-0.3, -0.25) is 10.1 Å². The number of carbonyl (C=O) groups excluding carboxylic acids is 1. The molecule has 0 radical (unpaired) electrons. The molecule has 23 heavy (non-hydrogen) atoms. The zero-order chi connectivity index (χ0) is 16.1. The highest BCUT2D eigenvalue weighted by Crippen LogP contribution is 2.31. The Morgan fingerprint density at radius 2 is 1.78 bits per heavy atom. The highest BCUT2D eigenvalue weighted by Gasteiger charge is 2.10. The average Bonchev–Trinajstić information content (AvgIpc) is 3.02. The van der Waals surface area contributed by atoms with Crippen LogP contribution in [0, 0.1) is 0 Å². The van der Waals surface area contributed by atoms with Gasteiger partial charge in [-0.05, 0) is 17.7 Å². The van der Waals surface area contributed by atoms with E-state index >= 15 is 0 Å². The molecule has 0 atom stereocenters. The molecule has 0 spiro atoms. The summed E-state index contributed by atoms with van der Waals surface area (Å²) in [5, 5.41) is 12.4. The van der Waals surface area contributed by atoms with Gasteiger partial charge in [-0.1, -0.05) is 71.5 Å². The largest absolute Gasteiger partial charge is 0.297 e. The van der Waals surface area contributed by atoms with Gasteiger partial charge in [0.25, 0.3) is 0 Å². The van der Waals surface area contributed by atoms with Crippen molar-refractivity contribution >= 4 is 40.1 Å². The maximum atomic E-state index is 11.9. The molecule has 0 saturated heterocycles. The molecule has 0 bridgehead atoms. The Balaban J connectivity index is 1.68. The van der Waals surface area contributed by atoms with Gasteiger partial charge in [0.15, 0.2) is 5.01 Å². The fourth-order valence-corrected chi connectivity index (χ4v) is 2.97. The zero-order valence-corrected chi connectivity index (χ0v) is 13.5. The van der Waals surface area contributed by atoms with Gasteiger partial charge in [0.1, 0.15) is 0 Å². The van der Waals surface area contributed by atoms with Crippen molar-refractivity contribution in [3.8, 4) is 10.6 Å². The maximum absolute atomic E-state index is 11.9. The molecule has 1 amide bonds. The summed E-state index contributed by atoms with van der Waals surface area (Å²) in [6, 6.07) is 17.0. The summed E-state index contributed by atoms with van der Waals surface area (Å²) >= 11 is 7.41. The number of nitrogens with one attached hydrogen (secondary N) is 1. The van der Waals surface area contributed by atoms with E-state index in [1.165, 1.54) is 17.4 Å². The number of anilines is 1. The molecule has 0 saturated carbocycles. The third kappa shape index (κ3) is 4.03. The van der Waals surface area contributed by atoms with Gasteiger partial charge in [-0.25, -0.2) is 0 Å². The van der Waals surface area contributed by atoms with Gasteiger partial charge in [0, 0.05) is 11.6 Å². The fraction of sp³-hybridized carbons (Fsp3) is 0. The van der Waals surface area contributed by atoms with Crippen molar-refractivity contribution < 1.29 is 4.79 Å². The smallest absolute Gasteiger partial charge is 0.250 e. The topological polar surface area (TPSA) is 54.9 Å². The third-order valence-electron chi connectivity index (χ3n) is 2.99. The summed E-state index contributed by atoms with van der Waals surface area (Å²) in [5.41, 5.74) is 1.75. The summed E-state index contributed by atoms with van der Waals surface area (Å²) in [6.07, 6.45) is 3.21. The van der Waals surface area contributed by atoms with E-state index < -0.39 is 0 Å². The average molecular weight is 342 g/mol. The molecule has 2 aromatic carbocycles. The lowest BCUT2D eigenvalue weighted by Gasteiger charge is -1.97. The van der Waals surface area contributed by atoms with E-state index in [9.17, 15) is 4.79 Å². The lowest BCUT2D eigenvalue weighted by atomic mass is 10.2. The summed E-state index contributed by atoms with van der Waals surface area (Å²) in [5.74, 6) is -0.254. The Hall–Kier alpha value is -2.50. The van der Waals surface area contributed by atoms with Crippen molar-refractivity contribution in [1.29, 1.82) is 0 Å². The van der Waals surface area contributed by atoms with Crippen molar-refractivity contribution in [2.24, 2.45) is 0 Å². The molecule has 1 aromatic heterocycles. The predicted octanol–water partition coefficient (Wildman–Crippen LogP) is 4.51. The summed E-state index contributed by atoms with van der Waals surface area (Å²) in [4.78, 5) is 11.9. The van der Waals surface area contributed by atoms with Gasteiger partial charge < -0.3 is 0 Å². The molecule has 114 valence electrons. The van der Waals surface area contributed by atoms with Crippen LogP contribution < -0.4 is 5.32 Å². The second-order valence-corrected chi connectivity index (χ2v) is 6.01. The number of halogens is 1. The van der Waals surface area contributed by atoms with E-state index in [4.69, 9.17) is 11.6 Å². The van der Waals surface area contributed by atoms with E-state index in [0.29, 0.717) is 15.2 Å². The number of nitrogens with zero attached hydrogens (tertiary/aromatic N) is 2. The van der Waals surface area contributed by atoms with Crippen LogP contribution in [0.4, 0.5) is 5.13 Å². The van der Waals surface area contributed by atoms with Crippen LogP contribution in [0.15, 0.2) is 60.7 Å². The highest BCUT2D eigenvalue weighted by molar-refractivity contribution is 7.18. The van der Waals surface area contributed by atoms with E-state index in [1.54, 1.807) is 12.1 Å². The summed E-state index contributed by atoms with van der Waals surface area (Å²) < 4.78 is 0. The molecule has 0 aliphatic rings. The molecule has 6 heteroatoms. The first kappa shape index (κ1) is 15.4. The molecular weight excluding hydrogens is 330 g/mol. The van der Waals surface area contributed by atoms with Gasteiger partial charge in [0.2, 0.25) is 11.0 Å². The lowest BCUT2D eigenvalue weighted by Crippen LogP contribution is -2.07. The second kappa shape index (κ2) is 7.17. The number of hydrogen-bond donors (Lipinski definition) is 1. The first-order valence-electron chi connectivity index (χ1n) is 6.85. The summed E-state index contributed by atoms with van der Waals surface area (Å²) in [6.45, 7) is 0. The van der Waals surface area contributed by atoms with E-state index in [1.807, 2.05) is 48.5 Å². The van der Waals surface area contributed by atoms with Crippen LogP contribution in [-0.4, -0.2) is 16.1 Å². The van der Waals surface area contributed by atoms with E-state index in [0.717, 1.165) is 11.1 Å². The van der Waals surface area contributed by atoms with Crippen molar-refractivity contribution in [3.05, 3.63) is 71.3 Å². The number of aromatic nitrogens is 2. The quantitative estimate of drug-likeness (QED) is 0.710. The molecule has 0 aliphatic carbocycles. The van der Waals surface area contributed by atoms with Crippen LogP contribution in [0.5, 0.6) is 0 Å². The molecule has 3 rings (SSSR count). The Bertz CT molecular complexity index is 846. The standard InChI is InChI=1S/C17H12ClN3OS/c18-14-9-5-4-8-13(14)16-20-21-17(23-16)19-15(22)11-10-12-6-2-1-3-7-12/h1-11H,(H,19,21,22). The van der Waals surface area contributed by atoms with Crippen molar-refractivity contribution in [2.75, 3.05) is 5.32 Å². The number of hydrogen-bond acceptors (Lipinski definition) is 4. The second-order valence-electron chi connectivity index (χ2n) is 4.63. The number of amides is 1. The van der Waals surface area contributed by atoms with Crippen LogP contribution >= 0.6 is 22.9 Å². The lowest BCUT2D eigenvalue weighted by molar-refractivity contribution is -0.111. The van der Waals surface area contributed by atoms with Gasteiger partial charge in [-0.15, -0.1) is 10.2 Å². The van der Waals surface area contributed by atoms with Crippen molar-refractivity contribution in [1.82, 2.24) is 10.2 Å². The Labute approximate surface area is 142 Å². The highest BCUT2D eigenvalue weighted by atomic mass is 35.5. The predicted molar refractivity (Wildman–Crippen MR) is 94.5 cm³/mol. The van der Waals surface area contributed by atoms with E-state index in [-0.39, 0.29) is 5.91 Å². The van der Waals surface area contributed by atoms with Gasteiger partial charge in [0.05, 0.1) is 5.02 Å². The van der Waals surface area contributed by atoms with Crippen LogP contribution in [0.25, 0.3) is 16.6 Å². The molecule has 0 unspecified atom stereocenters. The minimum absolute atomic E-state index is 0.254. The van der Waals surface area contributed by atoms with Gasteiger partial charge in [-0.2, -0.15) is 0 Å². The Morgan fingerprint density at radius 3 is 2.57 bits per heavy atom. The van der Waals surface area contributed by atoms with E-state index in [2.05, 4.69) is 15.5 Å². The van der Waals surface area contributed by atoms with Crippen LogP contribution in [0.1, 0.15) is 5.56 Å². The minimum atomic E-state index is -0.254. The molecule has 3 aromatic rings. The molecular formula is C17H12ClN3OS. The van der Waals surface area contributed by atoms with Crippen LogP contribution in [0.3, 0.4) is 0 Å². The first-order valence-corrected chi connectivity index (χ1v) is 8.04.